The Labute approximate surface area is 167 Å². The molecule has 9 heteroatoms. The average Bonchev–Trinajstić information content (AvgIpc) is 3.23. The molecule has 0 atom stereocenters. The van der Waals surface area contributed by atoms with Crippen LogP contribution in [0.4, 0.5) is 0 Å². The largest absolute Gasteiger partial charge is 0.491 e. The second-order valence-corrected chi connectivity index (χ2v) is 6.28. The van der Waals surface area contributed by atoms with Crippen LogP contribution >= 0.6 is 11.3 Å². The van der Waals surface area contributed by atoms with Crippen LogP contribution in [-0.4, -0.2) is 68.1 Å². The van der Waals surface area contributed by atoms with Gasteiger partial charge in [0.05, 0.1) is 51.6 Å². The van der Waals surface area contributed by atoms with Crippen LogP contribution in [0, 0.1) is 0 Å². The van der Waals surface area contributed by atoms with Crippen LogP contribution in [0.2, 0.25) is 0 Å². The summed E-state index contributed by atoms with van der Waals surface area (Å²) >= 11 is 1.38. The van der Waals surface area contributed by atoms with Gasteiger partial charge in [-0.05, 0) is 12.1 Å². The van der Waals surface area contributed by atoms with Gasteiger partial charge in [0.25, 0.3) is 0 Å². The summed E-state index contributed by atoms with van der Waals surface area (Å²) in [7, 11) is 0. The van der Waals surface area contributed by atoms with E-state index in [0.717, 1.165) is 0 Å². The van der Waals surface area contributed by atoms with Crippen molar-refractivity contribution >= 4 is 23.1 Å². The second kappa shape index (κ2) is 12.9. The molecule has 0 radical (unpaired) electrons. The molecule has 0 aliphatic rings. The number of ether oxygens (including phenoxy) is 4. The molecule has 0 fully saturated rings. The van der Waals surface area contributed by atoms with Gasteiger partial charge in [-0.3, -0.25) is 9.59 Å². The van der Waals surface area contributed by atoms with E-state index in [0.29, 0.717) is 56.6 Å². The Morgan fingerprint density at radius 1 is 0.964 bits per heavy atom. The highest BCUT2D eigenvalue weighted by atomic mass is 32.1. The third kappa shape index (κ3) is 8.57. The predicted molar refractivity (Wildman–Crippen MR) is 102 cm³/mol. The lowest BCUT2D eigenvalue weighted by molar-refractivity contribution is -0.138. The standard InChI is InChI=1S/C19H23NO7S/c21-18(22)4-5-24-6-7-25-8-9-26-10-11-27-16-3-1-2-15(12-16)19(23)17-13-28-14-20-17/h1-3,12-14H,4-11H2,(H,21,22). The molecule has 2 aromatic rings. The van der Waals surface area contributed by atoms with E-state index in [1.54, 1.807) is 35.2 Å². The zero-order chi connectivity index (χ0) is 20.0. The SMILES string of the molecule is O=C(O)CCOCCOCCOCCOc1cccc(C(=O)c2cscn2)c1. The van der Waals surface area contributed by atoms with E-state index in [9.17, 15) is 9.59 Å². The molecule has 0 bridgehead atoms. The third-order valence-corrected chi connectivity index (χ3v) is 4.05. The van der Waals surface area contributed by atoms with E-state index >= 15 is 0 Å². The Kier molecular flexibility index (Phi) is 10.2. The molecule has 1 N–H and O–H groups in total. The highest BCUT2D eigenvalue weighted by Gasteiger charge is 2.11. The van der Waals surface area contributed by atoms with E-state index in [-0.39, 0.29) is 18.8 Å². The number of hydrogen-bond donors (Lipinski definition) is 1. The summed E-state index contributed by atoms with van der Waals surface area (Å²) < 4.78 is 21.4. The van der Waals surface area contributed by atoms with Crippen molar-refractivity contribution in [2.45, 2.75) is 6.42 Å². The quantitative estimate of drug-likeness (QED) is 0.353. The maximum atomic E-state index is 12.3. The number of carbonyl (C=O) groups is 2. The Morgan fingerprint density at radius 2 is 1.64 bits per heavy atom. The van der Waals surface area contributed by atoms with Crippen molar-refractivity contribution in [1.29, 1.82) is 0 Å². The predicted octanol–water partition coefficient (Wildman–Crippen LogP) is 2.28. The fourth-order valence-corrected chi connectivity index (χ4v) is 2.65. The number of ketones is 1. The number of carbonyl (C=O) groups excluding carboxylic acids is 1. The lowest BCUT2D eigenvalue weighted by Crippen LogP contribution is -2.13. The number of rotatable bonds is 15. The van der Waals surface area contributed by atoms with E-state index in [4.69, 9.17) is 24.1 Å². The molecule has 8 nitrogen and oxygen atoms in total. The van der Waals surface area contributed by atoms with Crippen molar-refractivity contribution in [3.8, 4) is 5.75 Å². The molecule has 1 aromatic heterocycles. The fraction of sp³-hybridized carbons (Fsp3) is 0.421. The minimum Gasteiger partial charge on any atom is -0.491 e. The van der Waals surface area contributed by atoms with Crippen molar-refractivity contribution in [3.05, 3.63) is 46.4 Å². The first kappa shape index (κ1) is 22.0. The first-order valence-electron chi connectivity index (χ1n) is 8.77. The normalized spacial score (nSPS) is 10.7. The number of aliphatic carboxylic acids is 1. The van der Waals surface area contributed by atoms with Crippen molar-refractivity contribution in [2.75, 3.05) is 46.2 Å². The van der Waals surface area contributed by atoms with Gasteiger partial charge in [-0.1, -0.05) is 12.1 Å². The third-order valence-electron chi connectivity index (χ3n) is 3.46. The van der Waals surface area contributed by atoms with Crippen molar-refractivity contribution in [3.63, 3.8) is 0 Å². The zero-order valence-corrected chi connectivity index (χ0v) is 16.2. The minimum absolute atomic E-state index is 0.00888. The van der Waals surface area contributed by atoms with E-state index < -0.39 is 5.97 Å². The maximum Gasteiger partial charge on any atom is 0.305 e. The number of aromatic nitrogens is 1. The number of carboxylic acids is 1. The Balaban J connectivity index is 1.51. The van der Waals surface area contributed by atoms with Crippen LogP contribution in [0.25, 0.3) is 0 Å². The zero-order valence-electron chi connectivity index (χ0n) is 15.4. The fourth-order valence-electron chi connectivity index (χ4n) is 2.12. The van der Waals surface area contributed by atoms with E-state index in [1.165, 1.54) is 11.3 Å². The van der Waals surface area contributed by atoms with Gasteiger partial charge < -0.3 is 24.1 Å². The first-order chi connectivity index (χ1) is 13.7. The molecule has 28 heavy (non-hydrogen) atoms. The lowest BCUT2D eigenvalue weighted by Gasteiger charge is -2.09. The first-order valence-corrected chi connectivity index (χ1v) is 9.72. The summed E-state index contributed by atoms with van der Waals surface area (Å²) in [6.45, 7) is 2.50. The van der Waals surface area contributed by atoms with Gasteiger partial charge in [-0.25, -0.2) is 4.98 Å². The Morgan fingerprint density at radius 3 is 2.29 bits per heavy atom. The minimum atomic E-state index is -0.880. The van der Waals surface area contributed by atoms with Crippen molar-refractivity contribution < 1.29 is 33.6 Å². The molecule has 152 valence electrons. The summed E-state index contributed by atoms with van der Waals surface area (Å²) in [4.78, 5) is 26.6. The summed E-state index contributed by atoms with van der Waals surface area (Å²) in [5.74, 6) is -0.416. The molecule has 0 saturated carbocycles. The summed E-state index contributed by atoms with van der Waals surface area (Å²) in [5, 5.41) is 10.2. The van der Waals surface area contributed by atoms with E-state index in [1.807, 2.05) is 0 Å². The molecule has 1 heterocycles. The number of carboxylic acid groups (broad SMARTS) is 1. The molecule has 2 rings (SSSR count). The Hall–Kier alpha value is -2.33. The topological polar surface area (TPSA) is 104 Å². The van der Waals surface area contributed by atoms with E-state index in [2.05, 4.69) is 4.98 Å². The van der Waals surface area contributed by atoms with Gasteiger partial charge in [-0.2, -0.15) is 0 Å². The van der Waals surface area contributed by atoms with Gasteiger partial charge >= 0.3 is 5.97 Å². The van der Waals surface area contributed by atoms with Crippen LogP contribution in [0.5, 0.6) is 5.75 Å². The molecule has 0 spiro atoms. The summed E-state index contributed by atoms with van der Waals surface area (Å²) in [5.41, 5.74) is 2.59. The van der Waals surface area contributed by atoms with Crippen LogP contribution in [0.1, 0.15) is 22.5 Å². The molecule has 0 aliphatic heterocycles. The summed E-state index contributed by atoms with van der Waals surface area (Å²) in [6, 6.07) is 6.97. The number of thiazole rings is 1. The Bertz CT molecular complexity index is 721. The second-order valence-electron chi connectivity index (χ2n) is 5.56. The monoisotopic (exact) mass is 409 g/mol. The van der Waals surface area contributed by atoms with Crippen molar-refractivity contribution in [1.82, 2.24) is 4.98 Å². The molecule has 1 aromatic carbocycles. The average molecular weight is 409 g/mol. The molecule has 0 saturated heterocycles. The smallest absolute Gasteiger partial charge is 0.305 e. The molecular weight excluding hydrogens is 386 g/mol. The molecule has 0 aliphatic carbocycles. The van der Waals surface area contributed by atoms with Crippen LogP contribution in [0.15, 0.2) is 35.2 Å². The van der Waals surface area contributed by atoms with Gasteiger partial charge in [0, 0.05) is 10.9 Å². The highest BCUT2D eigenvalue weighted by molar-refractivity contribution is 7.07. The number of hydrogen-bond acceptors (Lipinski definition) is 8. The van der Waals surface area contributed by atoms with Crippen LogP contribution in [-0.2, 0) is 19.0 Å². The van der Waals surface area contributed by atoms with Crippen molar-refractivity contribution in [2.24, 2.45) is 0 Å². The molecular formula is C19H23NO7S. The van der Waals surface area contributed by atoms with Crippen LogP contribution < -0.4 is 4.74 Å². The molecule has 0 amide bonds. The van der Waals surface area contributed by atoms with Gasteiger partial charge in [-0.15, -0.1) is 11.3 Å². The van der Waals surface area contributed by atoms with Crippen LogP contribution in [0.3, 0.4) is 0 Å². The maximum absolute atomic E-state index is 12.3. The molecule has 0 unspecified atom stereocenters. The number of nitrogens with zero attached hydrogens (tertiary/aromatic N) is 1. The van der Waals surface area contributed by atoms with Gasteiger partial charge in [0.2, 0.25) is 5.78 Å². The van der Waals surface area contributed by atoms with Gasteiger partial charge in [0.15, 0.2) is 0 Å². The highest BCUT2D eigenvalue weighted by Crippen LogP contribution is 2.16. The lowest BCUT2D eigenvalue weighted by atomic mass is 10.1. The van der Waals surface area contributed by atoms with Gasteiger partial charge in [0.1, 0.15) is 18.1 Å². The summed E-state index contributed by atoms with van der Waals surface area (Å²) in [6.07, 6.45) is -0.00888. The number of benzene rings is 1.